The molecule has 3 aromatic rings. The third-order valence-electron chi connectivity index (χ3n) is 3.20. The molecule has 0 atom stereocenters. The summed E-state index contributed by atoms with van der Waals surface area (Å²) in [7, 11) is 0. The Morgan fingerprint density at radius 2 is 2.17 bits per heavy atom. The SMILES string of the molecule is Cc1ccc(NC(=O)COc2cccc(-n3cnnn3)c2)c(F)c1. The van der Waals surface area contributed by atoms with E-state index in [0.29, 0.717) is 11.4 Å². The number of halogens is 1. The van der Waals surface area contributed by atoms with Gasteiger partial charge >= 0.3 is 0 Å². The Balaban J connectivity index is 1.61. The first-order valence-electron chi connectivity index (χ1n) is 7.14. The van der Waals surface area contributed by atoms with E-state index in [2.05, 4.69) is 20.8 Å². The molecule has 0 spiro atoms. The average Bonchev–Trinajstić information content (AvgIpc) is 3.10. The van der Waals surface area contributed by atoms with E-state index in [-0.39, 0.29) is 12.3 Å². The number of carbonyl (C=O) groups is 1. The predicted octanol–water partition coefficient (Wildman–Crippen LogP) is 2.13. The van der Waals surface area contributed by atoms with Gasteiger partial charge in [0.15, 0.2) is 6.61 Å². The quantitative estimate of drug-likeness (QED) is 0.776. The normalized spacial score (nSPS) is 10.4. The minimum Gasteiger partial charge on any atom is -0.484 e. The molecule has 1 N–H and O–H groups in total. The third kappa shape index (κ3) is 3.72. The lowest BCUT2D eigenvalue weighted by Crippen LogP contribution is -2.20. The Morgan fingerprint density at radius 1 is 1.29 bits per heavy atom. The minimum absolute atomic E-state index is 0.122. The van der Waals surface area contributed by atoms with Gasteiger partial charge in [-0.25, -0.2) is 9.07 Å². The summed E-state index contributed by atoms with van der Waals surface area (Å²) in [6.07, 6.45) is 1.45. The zero-order valence-electron chi connectivity index (χ0n) is 12.8. The van der Waals surface area contributed by atoms with E-state index in [9.17, 15) is 9.18 Å². The summed E-state index contributed by atoms with van der Waals surface area (Å²) < 4.78 is 20.6. The summed E-state index contributed by atoms with van der Waals surface area (Å²) in [5.41, 5.74) is 1.60. The van der Waals surface area contributed by atoms with Crippen molar-refractivity contribution in [2.45, 2.75) is 6.92 Å². The fraction of sp³-hybridized carbons (Fsp3) is 0.125. The molecule has 0 fully saturated rings. The van der Waals surface area contributed by atoms with Crippen LogP contribution in [0.1, 0.15) is 5.56 Å². The van der Waals surface area contributed by atoms with E-state index >= 15 is 0 Å². The Kier molecular flexibility index (Phi) is 4.46. The molecule has 2 aromatic carbocycles. The predicted molar refractivity (Wildman–Crippen MR) is 84.4 cm³/mol. The first-order chi connectivity index (χ1) is 11.6. The molecule has 0 bridgehead atoms. The van der Waals surface area contributed by atoms with Gasteiger partial charge in [-0.15, -0.1) is 5.10 Å². The van der Waals surface area contributed by atoms with Crippen LogP contribution in [0.15, 0.2) is 48.8 Å². The monoisotopic (exact) mass is 327 g/mol. The van der Waals surface area contributed by atoms with Gasteiger partial charge < -0.3 is 10.1 Å². The number of aromatic nitrogens is 4. The number of aryl methyl sites for hydroxylation is 1. The van der Waals surface area contributed by atoms with E-state index in [4.69, 9.17) is 4.74 Å². The van der Waals surface area contributed by atoms with Gasteiger partial charge in [-0.1, -0.05) is 12.1 Å². The number of carbonyl (C=O) groups excluding carboxylic acids is 1. The molecule has 24 heavy (non-hydrogen) atoms. The van der Waals surface area contributed by atoms with Crippen LogP contribution in [0.25, 0.3) is 5.69 Å². The fourth-order valence-corrected chi connectivity index (χ4v) is 2.05. The van der Waals surface area contributed by atoms with Gasteiger partial charge in [0.1, 0.15) is 17.9 Å². The summed E-state index contributed by atoms with van der Waals surface area (Å²) >= 11 is 0. The highest BCUT2D eigenvalue weighted by Gasteiger charge is 2.08. The second kappa shape index (κ2) is 6.86. The molecule has 8 heteroatoms. The molecule has 0 saturated carbocycles. The zero-order chi connectivity index (χ0) is 16.9. The molecule has 3 rings (SSSR count). The van der Waals surface area contributed by atoms with E-state index in [1.54, 1.807) is 37.3 Å². The highest BCUT2D eigenvalue weighted by molar-refractivity contribution is 5.92. The summed E-state index contributed by atoms with van der Waals surface area (Å²) in [5.74, 6) is -0.461. The summed E-state index contributed by atoms with van der Waals surface area (Å²) in [4.78, 5) is 11.9. The maximum absolute atomic E-state index is 13.7. The molecule has 0 unspecified atom stereocenters. The van der Waals surface area contributed by atoms with Gasteiger partial charge in [-0.2, -0.15) is 0 Å². The molecule has 122 valence electrons. The minimum atomic E-state index is -0.482. The lowest BCUT2D eigenvalue weighted by molar-refractivity contribution is -0.118. The van der Waals surface area contributed by atoms with Crippen molar-refractivity contribution >= 4 is 11.6 Å². The first kappa shape index (κ1) is 15.6. The van der Waals surface area contributed by atoms with Crippen molar-refractivity contribution in [3.8, 4) is 11.4 Å². The summed E-state index contributed by atoms with van der Waals surface area (Å²) in [5, 5.41) is 13.4. The molecule has 1 aromatic heterocycles. The van der Waals surface area contributed by atoms with Crippen molar-refractivity contribution in [3.63, 3.8) is 0 Å². The van der Waals surface area contributed by atoms with Crippen molar-refractivity contribution in [3.05, 3.63) is 60.2 Å². The highest BCUT2D eigenvalue weighted by Crippen LogP contribution is 2.17. The van der Waals surface area contributed by atoms with Crippen molar-refractivity contribution in [2.24, 2.45) is 0 Å². The Labute approximate surface area is 137 Å². The number of anilines is 1. The van der Waals surface area contributed by atoms with Crippen molar-refractivity contribution < 1.29 is 13.9 Å². The Bertz CT molecular complexity index is 851. The third-order valence-corrected chi connectivity index (χ3v) is 3.20. The van der Waals surface area contributed by atoms with E-state index in [0.717, 1.165) is 5.56 Å². The Hall–Kier alpha value is -3.29. The van der Waals surface area contributed by atoms with Crippen LogP contribution in [0.5, 0.6) is 5.75 Å². The molecule has 0 aliphatic rings. The molecular weight excluding hydrogens is 313 g/mol. The second-order valence-corrected chi connectivity index (χ2v) is 5.07. The van der Waals surface area contributed by atoms with Crippen LogP contribution >= 0.6 is 0 Å². The first-order valence-corrected chi connectivity index (χ1v) is 7.14. The number of rotatable bonds is 5. The van der Waals surface area contributed by atoms with Crippen molar-refractivity contribution in [2.75, 3.05) is 11.9 Å². The van der Waals surface area contributed by atoms with E-state index in [1.807, 2.05) is 0 Å². The number of nitrogens with zero attached hydrogens (tertiary/aromatic N) is 4. The maximum Gasteiger partial charge on any atom is 0.262 e. The number of ether oxygens (including phenoxy) is 1. The average molecular weight is 327 g/mol. The smallest absolute Gasteiger partial charge is 0.262 e. The lowest BCUT2D eigenvalue weighted by Gasteiger charge is -2.09. The van der Waals surface area contributed by atoms with Gasteiger partial charge in [0.2, 0.25) is 0 Å². The van der Waals surface area contributed by atoms with Crippen LogP contribution in [-0.2, 0) is 4.79 Å². The molecule has 0 aliphatic carbocycles. The molecule has 1 heterocycles. The van der Waals surface area contributed by atoms with Crippen LogP contribution in [-0.4, -0.2) is 32.7 Å². The van der Waals surface area contributed by atoms with Crippen LogP contribution in [0, 0.1) is 12.7 Å². The van der Waals surface area contributed by atoms with Crippen LogP contribution in [0.4, 0.5) is 10.1 Å². The van der Waals surface area contributed by atoms with E-state index in [1.165, 1.54) is 23.1 Å². The van der Waals surface area contributed by atoms with Crippen molar-refractivity contribution in [1.82, 2.24) is 20.2 Å². The lowest BCUT2D eigenvalue weighted by atomic mass is 10.2. The van der Waals surface area contributed by atoms with Gasteiger partial charge in [0.25, 0.3) is 5.91 Å². The molecule has 0 aliphatic heterocycles. The molecule has 0 radical (unpaired) electrons. The van der Waals surface area contributed by atoms with Gasteiger partial charge in [-0.05, 0) is 47.2 Å². The number of benzene rings is 2. The topological polar surface area (TPSA) is 81.9 Å². The number of amides is 1. The van der Waals surface area contributed by atoms with Crippen LogP contribution in [0.2, 0.25) is 0 Å². The van der Waals surface area contributed by atoms with Gasteiger partial charge in [0, 0.05) is 6.07 Å². The van der Waals surface area contributed by atoms with Crippen LogP contribution in [0.3, 0.4) is 0 Å². The molecular formula is C16H14FN5O2. The molecule has 1 amide bonds. The fourth-order valence-electron chi connectivity index (χ4n) is 2.05. The van der Waals surface area contributed by atoms with E-state index < -0.39 is 11.7 Å². The molecule has 0 saturated heterocycles. The second-order valence-electron chi connectivity index (χ2n) is 5.07. The summed E-state index contributed by atoms with van der Waals surface area (Å²) in [6.45, 7) is 1.53. The number of tetrazole rings is 1. The maximum atomic E-state index is 13.7. The largest absolute Gasteiger partial charge is 0.484 e. The standard InChI is InChI=1S/C16H14FN5O2/c1-11-5-6-15(14(17)7-11)19-16(23)9-24-13-4-2-3-12(8-13)22-10-18-20-21-22/h2-8,10H,9H2,1H3,(H,19,23). The zero-order valence-corrected chi connectivity index (χ0v) is 12.8. The van der Waals surface area contributed by atoms with Crippen molar-refractivity contribution in [1.29, 1.82) is 0 Å². The number of nitrogens with one attached hydrogen (secondary N) is 1. The van der Waals surface area contributed by atoms with Crippen LogP contribution < -0.4 is 10.1 Å². The summed E-state index contributed by atoms with van der Waals surface area (Å²) in [6, 6.07) is 11.5. The Morgan fingerprint density at radius 3 is 2.92 bits per heavy atom. The highest BCUT2D eigenvalue weighted by atomic mass is 19.1. The van der Waals surface area contributed by atoms with Gasteiger partial charge in [0.05, 0.1) is 11.4 Å². The van der Waals surface area contributed by atoms with Gasteiger partial charge in [-0.3, -0.25) is 4.79 Å². The number of hydrogen-bond donors (Lipinski definition) is 1. The number of hydrogen-bond acceptors (Lipinski definition) is 5. The molecule has 7 nitrogen and oxygen atoms in total.